The van der Waals surface area contributed by atoms with Crippen LogP contribution in [0.4, 0.5) is 0 Å². The molecule has 0 radical (unpaired) electrons. The van der Waals surface area contributed by atoms with Crippen LogP contribution < -0.4 is 10.3 Å². The first kappa shape index (κ1) is 9.58. The molecule has 0 aliphatic heterocycles. The summed E-state index contributed by atoms with van der Waals surface area (Å²) < 4.78 is 5.23. The van der Waals surface area contributed by atoms with Crippen molar-refractivity contribution in [1.29, 1.82) is 0 Å². The number of nitrogens with one attached hydrogen (secondary N) is 2. The van der Waals surface area contributed by atoms with Crippen LogP contribution in [-0.4, -0.2) is 17.3 Å². The molecular weight excluding hydrogens is 192 g/mol. The Morgan fingerprint density at radius 2 is 1.93 bits per heavy atom. The normalized spacial score (nSPS) is 10.3. The fourth-order valence-electron chi connectivity index (χ4n) is 1.54. The van der Waals surface area contributed by atoms with Crippen LogP contribution in [0.3, 0.4) is 0 Å². The maximum Gasteiger partial charge on any atom is 0.267 e. The number of aromatic amines is 2. The number of aromatic nitrogens is 2. The zero-order chi connectivity index (χ0) is 10.8. The summed E-state index contributed by atoms with van der Waals surface area (Å²) in [6.07, 6.45) is 0. The number of ether oxygens (including phenoxy) is 1. The van der Waals surface area contributed by atoms with E-state index in [1.165, 1.54) is 0 Å². The average Bonchev–Trinajstić information content (AvgIpc) is 2.60. The van der Waals surface area contributed by atoms with E-state index in [1.807, 2.05) is 24.3 Å². The number of benzene rings is 1. The summed E-state index contributed by atoms with van der Waals surface area (Å²) in [6, 6.07) is 7.57. The molecule has 0 atom stereocenters. The van der Waals surface area contributed by atoms with Crippen molar-refractivity contribution < 1.29 is 4.74 Å². The number of rotatable bonds is 2. The highest BCUT2D eigenvalue weighted by Crippen LogP contribution is 2.28. The first-order valence-electron chi connectivity index (χ1n) is 4.64. The minimum atomic E-state index is -0.101. The first-order chi connectivity index (χ1) is 7.24. The Balaban J connectivity index is 2.63. The average molecular weight is 204 g/mol. The zero-order valence-corrected chi connectivity index (χ0v) is 8.63. The van der Waals surface area contributed by atoms with E-state index in [9.17, 15) is 4.79 Å². The Kier molecular flexibility index (Phi) is 2.33. The Morgan fingerprint density at radius 3 is 2.53 bits per heavy atom. The van der Waals surface area contributed by atoms with Gasteiger partial charge in [0.1, 0.15) is 5.75 Å². The molecule has 2 aromatic rings. The number of methoxy groups -OCH3 is 1. The molecule has 1 heterocycles. The molecule has 0 unspecified atom stereocenters. The summed E-state index contributed by atoms with van der Waals surface area (Å²) in [5.74, 6) is 0.746. The number of hydrogen-bond acceptors (Lipinski definition) is 2. The monoisotopic (exact) mass is 204 g/mol. The summed E-state index contributed by atoms with van der Waals surface area (Å²) in [7, 11) is 1.61. The molecule has 2 rings (SSSR count). The van der Waals surface area contributed by atoms with Crippen molar-refractivity contribution in [2.75, 3.05) is 7.11 Å². The standard InChI is InChI=1S/C11H12N2O2/c1-7-10(12-13-11(7)14)8-5-3-4-6-9(8)15-2/h3-6H,1-2H3,(H2,12,13,14). The molecule has 0 aliphatic rings. The lowest BCUT2D eigenvalue weighted by molar-refractivity contribution is 0.416. The van der Waals surface area contributed by atoms with Gasteiger partial charge in [-0.3, -0.25) is 15.0 Å². The molecule has 2 N–H and O–H groups in total. The Labute approximate surface area is 86.9 Å². The number of hydrogen-bond donors (Lipinski definition) is 2. The largest absolute Gasteiger partial charge is 0.496 e. The van der Waals surface area contributed by atoms with Crippen LogP contribution in [0.2, 0.25) is 0 Å². The van der Waals surface area contributed by atoms with Crippen LogP contribution in [0, 0.1) is 6.92 Å². The molecule has 0 saturated heterocycles. The number of H-pyrrole nitrogens is 2. The molecule has 0 spiro atoms. The van der Waals surface area contributed by atoms with Crippen molar-refractivity contribution in [3.05, 3.63) is 40.2 Å². The van der Waals surface area contributed by atoms with Gasteiger partial charge >= 0.3 is 0 Å². The van der Waals surface area contributed by atoms with Crippen molar-refractivity contribution >= 4 is 0 Å². The van der Waals surface area contributed by atoms with Crippen LogP contribution in [0.25, 0.3) is 11.3 Å². The summed E-state index contributed by atoms with van der Waals surface area (Å²) in [4.78, 5) is 11.3. The molecule has 1 aromatic heterocycles. The van der Waals surface area contributed by atoms with Gasteiger partial charge in [0.25, 0.3) is 5.56 Å². The maximum absolute atomic E-state index is 11.3. The van der Waals surface area contributed by atoms with Crippen molar-refractivity contribution in [1.82, 2.24) is 10.2 Å². The molecule has 15 heavy (non-hydrogen) atoms. The lowest BCUT2D eigenvalue weighted by Gasteiger charge is -2.06. The highest BCUT2D eigenvalue weighted by Gasteiger charge is 2.10. The van der Waals surface area contributed by atoms with Gasteiger partial charge in [-0.25, -0.2) is 0 Å². The van der Waals surface area contributed by atoms with Gasteiger partial charge in [-0.05, 0) is 19.1 Å². The van der Waals surface area contributed by atoms with E-state index < -0.39 is 0 Å². The molecule has 0 amide bonds. The first-order valence-corrected chi connectivity index (χ1v) is 4.64. The lowest BCUT2D eigenvalue weighted by Crippen LogP contribution is -2.00. The Morgan fingerprint density at radius 1 is 1.20 bits per heavy atom. The molecule has 0 saturated carbocycles. The highest BCUT2D eigenvalue weighted by atomic mass is 16.5. The molecular formula is C11H12N2O2. The summed E-state index contributed by atoms with van der Waals surface area (Å²) in [5.41, 5.74) is 2.23. The summed E-state index contributed by atoms with van der Waals surface area (Å²) in [6.45, 7) is 1.77. The second-order valence-electron chi connectivity index (χ2n) is 3.28. The van der Waals surface area contributed by atoms with E-state index >= 15 is 0 Å². The molecule has 0 aliphatic carbocycles. The van der Waals surface area contributed by atoms with Gasteiger partial charge in [0.15, 0.2) is 0 Å². The van der Waals surface area contributed by atoms with Gasteiger partial charge < -0.3 is 4.74 Å². The second-order valence-corrected chi connectivity index (χ2v) is 3.28. The lowest BCUT2D eigenvalue weighted by atomic mass is 10.1. The van der Waals surface area contributed by atoms with Gasteiger partial charge in [0.2, 0.25) is 0 Å². The summed E-state index contributed by atoms with van der Waals surface area (Å²) >= 11 is 0. The SMILES string of the molecule is COc1ccccc1-c1[nH][nH]c(=O)c1C. The van der Waals surface area contributed by atoms with Gasteiger partial charge in [0.05, 0.1) is 12.8 Å². The van der Waals surface area contributed by atoms with Crippen molar-refractivity contribution in [3.63, 3.8) is 0 Å². The predicted molar refractivity (Wildman–Crippen MR) is 58.1 cm³/mol. The van der Waals surface area contributed by atoms with Crippen LogP contribution in [0.5, 0.6) is 5.75 Å². The van der Waals surface area contributed by atoms with E-state index in [2.05, 4.69) is 10.2 Å². The van der Waals surface area contributed by atoms with Crippen molar-refractivity contribution in [3.8, 4) is 17.0 Å². The van der Waals surface area contributed by atoms with Crippen molar-refractivity contribution in [2.24, 2.45) is 0 Å². The van der Waals surface area contributed by atoms with Crippen LogP contribution >= 0.6 is 0 Å². The van der Waals surface area contributed by atoms with E-state index in [1.54, 1.807) is 14.0 Å². The van der Waals surface area contributed by atoms with Gasteiger partial charge in [-0.2, -0.15) is 0 Å². The van der Waals surface area contributed by atoms with Gasteiger partial charge in [-0.15, -0.1) is 0 Å². The van der Waals surface area contributed by atoms with Gasteiger partial charge in [0, 0.05) is 11.1 Å². The maximum atomic E-state index is 11.3. The van der Waals surface area contributed by atoms with Crippen molar-refractivity contribution in [2.45, 2.75) is 6.92 Å². The third-order valence-corrected chi connectivity index (χ3v) is 2.39. The second kappa shape index (κ2) is 3.65. The minimum absolute atomic E-state index is 0.101. The smallest absolute Gasteiger partial charge is 0.267 e. The Hall–Kier alpha value is -1.97. The molecule has 4 heteroatoms. The van der Waals surface area contributed by atoms with E-state index in [0.717, 1.165) is 17.0 Å². The fourth-order valence-corrected chi connectivity index (χ4v) is 1.54. The fraction of sp³-hybridized carbons (Fsp3) is 0.182. The quantitative estimate of drug-likeness (QED) is 0.782. The van der Waals surface area contributed by atoms with Crippen LogP contribution in [0.1, 0.15) is 5.56 Å². The van der Waals surface area contributed by atoms with Gasteiger partial charge in [-0.1, -0.05) is 12.1 Å². The molecule has 0 fully saturated rings. The topological polar surface area (TPSA) is 57.9 Å². The minimum Gasteiger partial charge on any atom is -0.496 e. The summed E-state index contributed by atoms with van der Waals surface area (Å²) in [5, 5.41) is 5.40. The molecule has 4 nitrogen and oxygen atoms in total. The molecule has 78 valence electrons. The van der Waals surface area contributed by atoms with Crippen LogP contribution in [0.15, 0.2) is 29.1 Å². The van der Waals surface area contributed by atoms with E-state index in [-0.39, 0.29) is 5.56 Å². The van der Waals surface area contributed by atoms with Crippen LogP contribution in [-0.2, 0) is 0 Å². The van der Waals surface area contributed by atoms with E-state index in [0.29, 0.717) is 5.56 Å². The molecule has 0 bridgehead atoms. The number of para-hydroxylation sites is 1. The zero-order valence-electron chi connectivity index (χ0n) is 8.63. The van der Waals surface area contributed by atoms with E-state index in [4.69, 9.17) is 4.74 Å². The third kappa shape index (κ3) is 1.54. The predicted octanol–water partition coefficient (Wildman–Crippen LogP) is 1.69. The molecule has 1 aromatic carbocycles. The Bertz CT molecular complexity index is 525. The highest BCUT2D eigenvalue weighted by molar-refractivity contribution is 5.69. The third-order valence-electron chi connectivity index (χ3n) is 2.39.